The van der Waals surface area contributed by atoms with Crippen LogP contribution in [0, 0.1) is 6.92 Å². The maximum Gasteiger partial charge on any atom is 0.230 e. The first-order valence-electron chi connectivity index (χ1n) is 8.97. The molecule has 0 saturated heterocycles. The Labute approximate surface area is 164 Å². The molecule has 0 saturated carbocycles. The summed E-state index contributed by atoms with van der Waals surface area (Å²) in [6.07, 6.45) is 0.342. The van der Waals surface area contributed by atoms with E-state index in [4.69, 9.17) is 4.74 Å². The summed E-state index contributed by atoms with van der Waals surface area (Å²) in [6.45, 7) is 6.33. The molecule has 0 unspecified atom stereocenters. The third-order valence-electron chi connectivity index (χ3n) is 4.42. The van der Waals surface area contributed by atoms with Gasteiger partial charge in [-0.3, -0.25) is 4.79 Å². The van der Waals surface area contributed by atoms with Crippen molar-refractivity contribution in [2.75, 3.05) is 12.4 Å². The van der Waals surface area contributed by atoms with Gasteiger partial charge in [0.25, 0.3) is 0 Å². The van der Waals surface area contributed by atoms with Crippen LogP contribution >= 0.6 is 11.3 Å². The minimum atomic E-state index is -0.0534. The van der Waals surface area contributed by atoms with E-state index >= 15 is 0 Å². The van der Waals surface area contributed by atoms with Gasteiger partial charge in [-0.15, -0.1) is 11.3 Å². The molecule has 1 heterocycles. The Balaban J connectivity index is 1.67. The lowest BCUT2D eigenvalue weighted by molar-refractivity contribution is -0.115. The lowest BCUT2D eigenvalue weighted by Crippen LogP contribution is -2.14. The number of benzene rings is 2. The summed E-state index contributed by atoms with van der Waals surface area (Å²) < 4.78 is 5.20. The predicted octanol–water partition coefficient (Wildman–Crippen LogP) is 5.43. The minimum Gasteiger partial charge on any atom is -0.497 e. The van der Waals surface area contributed by atoms with Crippen LogP contribution in [0.3, 0.4) is 0 Å². The van der Waals surface area contributed by atoms with Gasteiger partial charge < -0.3 is 10.1 Å². The standard InChI is InChI=1S/C22H24N2O2S/c1-14(2)17-7-5-16(6-8-17)13-20(25)23-22-24-21(15(3)27-22)18-9-11-19(26-4)12-10-18/h5-12,14H,13H2,1-4H3,(H,23,24,25). The molecule has 0 spiro atoms. The number of carbonyl (C=O) groups excluding carboxylic acids is 1. The molecular formula is C22H24N2O2S. The molecule has 0 aliphatic heterocycles. The Hall–Kier alpha value is -2.66. The van der Waals surface area contributed by atoms with E-state index in [0.717, 1.165) is 27.4 Å². The third-order valence-corrected chi connectivity index (χ3v) is 5.30. The maximum atomic E-state index is 12.4. The molecule has 0 bridgehead atoms. The Morgan fingerprint density at radius 2 is 1.78 bits per heavy atom. The molecule has 27 heavy (non-hydrogen) atoms. The van der Waals surface area contributed by atoms with E-state index in [1.165, 1.54) is 16.9 Å². The zero-order valence-corrected chi connectivity index (χ0v) is 16.9. The van der Waals surface area contributed by atoms with Gasteiger partial charge in [-0.2, -0.15) is 0 Å². The number of aryl methyl sites for hydroxylation is 1. The number of ether oxygens (including phenoxy) is 1. The molecule has 5 heteroatoms. The third kappa shape index (κ3) is 4.74. The maximum absolute atomic E-state index is 12.4. The number of rotatable bonds is 6. The molecule has 3 aromatic rings. The molecule has 0 radical (unpaired) electrons. The monoisotopic (exact) mass is 380 g/mol. The number of hydrogen-bond acceptors (Lipinski definition) is 4. The highest BCUT2D eigenvalue weighted by Gasteiger charge is 2.13. The largest absolute Gasteiger partial charge is 0.497 e. The van der Waals surface area contributed by atoms with Gasteiger partial charge in [0.15, 0.2) is 5.13 Å². The van der Waals surface area contributed by atoms with Crippen LogP contribution in [0.2, 0.25) is 0 Å². The van der Waals surface area contributed by atoms with E-state index in [1.54, 1.807) is 7.11 Å². The van der Waals surface area contributed by atoms with E-state index in [-0.39, 0.29) is 5.91 Å². The Morgan fingerprint density at radius 1 is 1.11 bits per heavy atom. The van der Waals surface area contributed by atoms with Gasteiger partial charge in [0.05, 0.1) is 19.2 Å². The van der Waals surface area contributed by atoms with Gasteiger partial charge in [0.1, 0.15) is 5.75 Å². The van der Waals surface area contributed by atoms with Crippen molar-refractivity contribution in [1.29, 1.82) is 0 Å². The number of methoxy groups -OCH3 is 1. The van der Waals surface area contributed by atoms with Crippen LogP contribution in [-0.4, -0.2) is 18.0 Å². The predicted molar refractivity (Wildman–Crippen MR) is 112 cm³/mol. The number of aromatic nitrogens is 1. The van der Waals surface area contributed by atoms with Gasteiger partial charge >= 0.3 is 0 Å². The van der Waals surface area contributed by atoms with Crippen molar-refractivity contribution in [3.8, 4) is 17.0 Å². The summed E-state index contributed by atoms with van der Waals surface area (Å²) in [6, 6.07) is 16.0. The van der Waals surface area contributed by atoms with Crippen LogP contribution in [0.15, 0.2) is 48.5 Å². The van der Waals surface area contributed by atoms with E-state index in [1.807, 2.05) is 43.3 Å². The molecule has 0 fully saturated rings. The summed E-state index contributed by atoms with van der Waals surface area (Å²) in [7, 11) is 1.65. The number of thiazole rings is 1. The fourth-order valence-electron chi connectivity index (χ4n) is 2.84. The van der Waals surface area contributed by atoms with Gasteiger partial charge in [0.2, 0.25) is 5.91 Å². The van der Waals surface area contributed by atoms with Gasteiger partial charge in [-0.25, -0.2) is 4.98 Å². The zero-order valence-electron chi connectivity index (χ0n) is 16.1. The molecular weight excluding hydrogens is 356 g/mol. The van der Waals surface area contributed by atoms with Crippen LogP contribution in [0.4, 0.5) is 5.13 Å². The fraction of sp³-hybridized carbons (Fsp3) is 0.273. The van der Waals surface area contributed by atoms with Crippen molar-refractivity contribution in [3.05, 3.63) is 64.5 Å². The lowest BCUT2D eigenvalue weighted by atomic mass is 10.0. The Bertz CT molecular complexity index is 912. The summed E-state index contributed by atoms with van der Waals surface area (Å²) in [5, 5.41) is 3.55. The van der Waals surface area contributed by atoms with Crippen molar-refractivity contribution in [2.45, 2.75) is 33.1 Å². The van der Waals surface area contributed by atoms with E-state index < -0.39 is 0 Å². The molecule has 1 amide bonds. The highest BCUT2D eigenvalue weighted by atomic mass is 32.1. The zero-order chi connectivity index (χ0) is 19.4. The van der Waals surface area contributed by atoms with Gasteiger partial charge in [0, 0.05) is 10.4 Å². The molecule has 2 aromatic carbocycles. The number of nitrogens with zero attached hydrogens (tertiary/aromatic N) is 1. The summed E-state index contributed by atoms with van der Waals surface area (Å²) in [5.74, 6) is 1.24. The summed E-state index contributed by atoms with van der Waals surface area (Å²) in [5.41, 5.74) is 4.17. The smallest absolute Gasteiger partial charge is 0.230 e. The van der Waals surface area contributed by atoms with Crippen molar-refractivity contribution < 1.29 is 9.53 Å². The van der Waals surface area contributed by atoms with E-state index in [0.29, 0.717) is 17.5 Å². The topological polar surface area (TPSA) is 51.2 Å². The molecule has 1 N–H and O–H groups in total. The quantitative estimate of drug-likeness (QED) is 0.620. The molecule has 4 nitrogen and oxygen atoms in total. The van der Waals surface area contributed by atoms with Crippen molar-refractivity contribution >= 4 is 22.4 Å². The molecule has 0 aliphatic rings. The first kappa shape index (κ1) is 19.1. The second kappa shape index (κ2) is 8.35. The first-order chi connectivity index (χ1) is 13.0. The number of nitrogens with one attached hydrogen (secondary N) is 1. The summed E-state index contributed by atoms with van der Waals surface area (Å²) in [4.78, 5) is 18.0. The van der Waals surface area contributed by atoms with Crippen LogP contribution < -0.4 is 10.1 Å². The molecule has 0 atom stereocenters. The Morgan fingerprint density at radius 3 is 2.37 bits per heavy atom. The average Bonchev–Trinajstić information content (AvgIpc) is 3.02. The Kier molecular flexibility index (Phi) is 5.91. The summed E-state index contributed by atoms with van der Waals surface area (Å²) >= 11 is 1.49. The van der Waals surface area contributed by atoms with Gasteiger partial charge in [-0.05, 0) is 48.2 Å². The number of carbonyl (C=O) groups is 1. The lowest BCUT2D eigenvalue weighted by Gasteiger charge is -2.06. The molecule has 0 aliphatic carbocycles. The number of anilines is 1. The van der Waals surface area contributed by atoms with Gasteiger partial charge in [-0.1, -0.05) is 38.1 Å². The molecule has 140 valence electrons. The van der Waals surface area contributed by atoms with Crippen LogP contribution in [0.5, 0.6) is 5.75 Å². The SMILES string of the molecule is COc1ccc(-c2nc(NC(=O)Cc3ccc(C(C)C)cc3)sc2C)cc1. The second-order valence-corrected chi connectivity index (χ2v) is 7.98. The normalized spacial score (nSPS) is 10.9. The van der Waals surface area contributed by atoms with Crippen LogP contribution in [0.25, 0.3) is 11.3 Å². The van der Waals surface area contributed by atoms with Crippen molar-refractivity contribution in [3.63, 3.8) is 0 Å². The van der Waals surface area contributed by atoms with Crippen LogP contribution in [-0.2, 0) is 11.2 Å². The minimum absolute atomic E-state index is 0.0534. The molecule has 3 rings (SSSR count). The van der Waals surface area contributed by atoms with Crippen molar-refractivity contribution in [2.24, 2.45) is 0 Å². The number of hydrogen-bond donors (Lipinski definition) is 1. The number of amides is 1. The fourth-order valence-corrected chi connectivity index (χ4v) is 3.69. The molecule has 1 aromatic heterocycles. The highest BCUT2D eigenvalue weighted by Crippen LogP contribution is 2.31. The second-order valence-electron chi connectivity index (χ2n) is 6.77. The highest BCUT2D eigenvalue weighted by molar-refractivity contribution is 7.16. The van der Waals surface area contributed by atoms with Crippen molar-refractivity contribution in [1.82, 2.24) is 4.98 Å². The average molecular weight is 381 g/mol. The van der Waals surface area contributed by atoms with E-state index in [9.17, 15) is 4.79 Å². The first-order valence-corrected chi connectivity index (χ1v) is 9.78. The van der Waals surface area contributed by atoms with Crippen LogP contribution in [0.1, 0.15) is 35.8 Å². The van der Waals surface area contributed by atoms with E-state index in [2.05, 4.69) is 36.3 Å².